The standard InChI is InChI=1S/C22H28N2O6/c1-22(2,3)30-21(27)24-12-15(16-7-5-6-8-18(16)24)11-17(20(26)28-4)23-19(25)14-9-10-29-13-14/h5-8,12,14,17H,9-11,13H2,1-4H3,(H,23,25)/t14-,17+/m0/s1. The molecule has 1 aromatic carbocycles. The molecule has 1 fully saturated rings. The molecular formula is C22H28N2O6. The minimum Gasteiger partial charge on any atom is -0.467 e. The third kappa shape index (κ3) is 4.99. The van der Waals surface area contributed by atoms with Gasteiger partial charge in [-0.15, -0.1) is 0 Å². The van der Waals surface area contributed by atoms with E-state index in [2.05, 4.69) is 5.32 Å². The molecule has 1 aromatic heterocycles. The van der Waals surface area contributed by atoms with Gasteiger partial charge in [-0.25, -0.2) is 9.59 Å². The summed E-state index contributed by atoms with van der Waals surface area (Å²) >= 11 is 0. The maximum Gasteiger partial charge on any atom is 0.419 e. The molecule has 2 aromatic rings. The van der Waals surface area contributed by atoms with Crippen LogP contribution < -0.4 is 5.32 Å². The van der Waals surface area contributed by atoms with Crippen LogP contribution in [0.4, 0.5) is 4.79 Å². The first kappa shape index (κ1) is 21.8. The lowest BCUT2D eigenvalue weighted by Gasteiger charge is -2.19. The van der Waals surface area contributed by atoms with Gasteiger partial charge in [0.1, 0.15) is 11.6 Å². The minimum absolute atomic E-state index is 0.183. The van der Waals surface area contributed by atoms with E-state index in [0.717, 1.165) is 10.9 Å². The van der Waals surface area contributed by atoms with Gasteiger partial charge in [0.25, 0.3) is 0 Å². The summed E-state index contributed by atoms with van der Waals surface area (Å²) in [6.07, 6.45) is 1.95. The van der Waals surface area contributed by atoms with Crippen molar-refractivity contribution in [2.24, 2.45) is 5.92 Å². The molecule has 2 atom stereocenters. The fourth-order valence-corrected chi connectivity index (χ4v) is 3.46. The zero-order valence-corrected chi connectivity index (χ0v) is 17.8. The summed E-state index contributed by atoms with van der Waals surface area (Å²) in [5, 5.41) is 3.58. The monoisotopic (exact) mass is 416 g/mol. The maximum atomic E-state index is 12.7. The van der Waals surface area contributed by atoms with Crippen LogP contribution in [0.25, 0.3) is 10.9 Å². The number of hydrogen-bond donors (Lipinski definition) is 1. The number of nitrogens with zero attached hydrogens (tertiary/aromatic N) is 1. The number of aromatic nitrogens is 1. The van der Waals surface area contributed by atoms with E-state index >= 15 is 0 Å². The summed E-state index contributed by atoms with van der Waals surface area (Å²) in [6.45, 7) is 6.27. The average Bonchev–Trinajstić information content (AvgIpc) is 3.34. The topological polar surface area (TPSA) is 95.9 Å². The van der Waals surface area contributed by atoms with Crippen molar-refractivity contribution in [2.75, 3.05) is 20.3 Å². The molecule has 0 saturated carbocycles. The summed E-state index contributed by atoms with van der Waals surface area (Å²) < 4.78 is 17.1. The smallest absolute Gasteiger partial charge is 0.419 e. The molecule has 2 heterocycles. The second-order valence-corrected chi connectivity index (χ2v) is 8.37. The molecule has 8 nitrogen and oxygen atoms in total. The van der Waals surface area contributed by atoms with E-state index < -0.39 is 23.7 Å². The third-order valence-electron chi connectivity index (χ3n) is 4.91. The number of para-hydroxylation sites is 1. The lowest BCUT2D eigenvalue weighted by atomic mass is 10.0. The van der Waals surface area contributed by atoms with Crippen molar-refractivity contribution in [1.82, 2.24) is 9.88 Å². The van der Waals surface area contributed by atoms with Crippen molar-refractivity contribution in [3.63, 3.8) is 0 Å². The number of fused-ring (bicyclic) bond motifs is 1. The van der Waals surface area contributed by atoms with Crippen molar-refractivity contribution < 1.29 is 28.6 Å². The lowest BCUT2D eigenvalue weighted by molar-refractivity contribution is -0.145. The molecule has 1 N–H and O–H groups in total. The first-order chi connectivity index (χ1) is 14.2. The molecule has 3 rings (SSSR count). The normalized spacial score (nSPS) is 17.5. The zero-order valence-electron chi connectivity index (χ0n) is 17.8. The Morgan fingerprint density at radius 3 is 2.63 bits per heavy atom. The van der Waals surface area contributed by atoms with E-state index in [1.54, 1.807) is 27.0 Å². The molecule has 0 spiro atoms. The molecule has 1 aliphatic heterocycles. The zero-order chi connectivity index (χ0) is 21.9. The summed E-state index contributed by atoms with van der Waals surface area (Å²) in [5.74, 6) is -1.06. The number of amides is 1. The highest BCUT2D eigenvalue weighted by atomic mass is 16.6. The van der Waals surface area contributed by atoms with Gasteiger partial charge in [0.2, 0.25) is 5.91 Å². The van der Waals surface area contributed by atoms with Crippen LogP contribution >= 0.6 is 0 Å². The minimum atomic E-state index is -0.874. The number of hydrogen-bond acceptors (Lipinski definition) is 6. The Morgan fingerprint density at radius 2 is 2.00 bits per heavy atom. The van der Waals surface area contributed by atoms with E-state index in [1.807, 2.05) is 24.3 Å². The van der Waals surface area contributed by atoms with Crippen molar-refractivity contribution in [2.45, 2.75) is 45.3 Å². The average molecular weight is 416 g/mol. The Kier molecular flexibility index (Phi) is 6.45. The third-order valence-corrected chi connectivity index (χ3v) is 4.91. The fourth-order valence-electron chi connectivity index (χ4n) is 3.46. The highest BCUT2D eigenvalue weighted by Gasteiger charge is 2.30. The van der Waals surface area contributed by atoms with Crippen molar-refractivity contribution >= 4 is 28.9 Å². The van der Waals surface area contributed by atoms with Gasteiger partial charge in [-0.3, -0.25) is 9.36 Å². The van der Waals surface area contributed by atoms with Crippen LogP contribution in [0, 0.1) is 5.92 Å². The Hall–Kier alpha value is -2.87. The Morgan fingerprint density at radius 1 is 1.27 bits per heavy atom. The quantitative estimate of drug-likeness (QED) is 0.753. The van der Waals surface area contributed by atoms with Crippen LogP contribution in [0.5, 0.6) is 0 Å². The SMILES string of the molecule is COC(=O)[C@@H](Cc1cn(C(=O)OC(C)(C)C)c2ccccc12)NC(=O)[C@H]1CCOC1. The van der Waals surface area contributed by atoms with Gasteiger partial charge in [-0.2, -0.15) is 0 Å². The second kappa shape index (κ2) is 8.87. The van der Waals surface area contributed by atoms with Gasteiger partial charge >= 0.3 is 12.1 Å². The molecule has 1 amide bonds. The number of carbonyl (C=O) groups is 3. The number of ether oxygens (including phenoxy) is 3. The Bertz CT molecular complexity index is 937. The highest BCUT2D eigenvalue weighted by molar-refractivity contribution is 5.93. The molecule has 1 aliphatic rings. The number of carbonyl (C=O) groups excluding carboxylic acids is 3. The van der Waals surface area contributed by atoms with Crippen molar-refractivity contribution in [1.29, 1.82) is 0 Å². The van der Waals surface area contributed by atoms with Gasteiger partial charge in [-0.05, 0) is 38.8 Å². The lowest BCUT2D eigenvalue weighted by Crippen LogP contribution is -2.45. The van der Waals surface area contributed by atoms with Crippen LogP contribution in [0.1, 0.15) is 32.8 Å². The van der Waals surface area contributed by atoms with E-state index in [1.165, 1.54) is 11.7 Å². The number of esters is 1. The number of methoxy groups -OCH3 is 1. The summed E-state index contributed by atoms with van der Waals surface area (Å²) in [5.41, 5.74) is 0.754. The fraction of sp³-hybridized carbons (Fsp3) is 0.500. The Balaban J connectivity index is 1.89. The largest absolute Gasteiger partial charge is 0.467 e. The van der Waals surface area contributed by atoms with Gasteiger partial charge in [-0.1, -0.05) is 18.2 Å². The van der Waals surface area contributed by atoms with Crippen molar-refractivity contribution in [3.8, 4) is 0 Å². The summed E-state index contributed by atoms with van der Waals surface area (Å²) in [4.78, 5) is 37.6. The van der Waals surface area contributed by atoms with E-state index in [0.29, 0.717) is 25.2 Å². The molecule has 1 saturated heterocycles. The van der Waals surface area contributed by atoms with Crippen LogP contribution in [0.2, 0.25) is 0 Å². The predicted molar refractivity (Wildman–Crippen MR) is 110 cm³/mol. The van der Waals surface area contributed by atoms with Gasteiger partial charge in [0.05, 0.1) is 25.2 Å². The second-order valence-electron chi connectivity index (χ2n) is 8.37. The summed E-state index contributed by atoms with van der Waals surface area (Å²) in [7, 11) is 1.28. The van der Waals surface area contributed by atoms with E-state index in [4.69, 9.17) is 14.2 Å². The van der Waals surface area contributed by atoms with Crippen LogP contribution in [0.15, 0.2) is 30.5 Å². The van der Waals surface area contributed by atoms with Gasteiger partial charge in [0, 0.05) is 24.6 Å². The maximum absolute atomic E-state index is 12.7. The summed E-state index contributed by atoms with van der Waals surface area (Å²) in [6, 6.07) is 6.48. The van der Waals surface area contributed by atoms with Crippen molar-refractivity contribution in [3.05, 3.63) is 36.0 Å². The van der Waals surface area contributed by atoms with E-state index in [9.17, 15) is 14.4 Å². The highest BCUT2D eigenvalue weighted by Crippen LogP contribution is 2.24. The number of nitrogens with one attached hydrogen (secondary N) is 1. The van der Waals surface area contributed by atoms with E-state index in [-0.39, 0.29) is 18.2 Å². The predicted octanol–water partition coefficient (Wildman–Crippen LogP) is 2.66. The van der Waals surface area contributed by atoms with Crippen LogP contribution in [-0.2, 0) is 30.2 Å². The molecule has 8 heteroatoms. The molecule has 30 heavy (non-hydrogen) atoms. The van der Waals surface area contributed by atoms with Gasteiger partial charge < -0.3 is 19.5 Å². The molecule has 162 valence electrons. The number of benzene rings is 1. The number of rotatable bonds is 5. The molecule has 0 aliphatic carbocycles. The first-order valence-electron chi connectivity index (χ1n) is 9.98. The molecule has 0 radical (unpaired) electrons. The molecule has 0 bridgehead atoms. The first-order valence-corrected chi connectivity index (χ1v) is 9.98. The van der Waals surface area contributed by atoms with Crippen LogP contribution in [-0.4, -0.2) is 54.5 Å². The molecular weight excluding hydrogens is 388 g/mol. The Labute approximate surface area is 175 Å². The van der Waals surface area contributed by atoms with Crippen LogP contribution in [0.3, 0.4) is 0 Å². The van der Waals surface area contributed by atoms with Gasteiger partial charge in [0.15, 0.2) is 0 Å². The molecule has 0 unspecified atom stereocenters.